The highest BCUT2D eigenvalue weighted by Gasteiger charge is 2.78. The first-order valence-corrected chi connectivity index (χ1v) is 42.1. The van der Waals surface area contributed by atoms with Gasteiger partial charge in [0, 0.05) is 73.4 Å². The van der Waals surface area contributed by atoms with Gasteiger partial charge in [0.1, 0.15) is 0 Å². The number of ketones is 2. The number of Topliss-reactive ketones (excluding diaryl/α,β-unsaturated/α-hetero) is 2. The molecule has 6 heterocycles. The van der Waals surface area contributed by atoms with Crippen LogP contribution in [0, 0.1) is 75.9 Å². The molecule has 17 nitrogen and oxygen atoms in total. The average molecular weight is 1470 g/mol. The Morgan fingerprint density at radius 3 is 1.70 bits per heavy atom. The number of aliphatic hydroxyl groups excluding tert-OH is 2. The predicted molar refractivity (Wildman–Crippen MR) is 405 cm³/mol. The smallest absolute Gasteiger partial charge is 0.306 e. The number of aromatic nitrogens is 4. The first kappa shape index (κ1) is 73.5. The summed E-state index contributed by atoms with van der Waals surface area (Å²) < 4.78 is 43.1. The van der Waals surface area contributed by atoms with E-state index in [-0.39, 0.29) is 108 Å². The zero-order chi connectivity index (χ0) is 73.0. The molecule has 2 saturated heterocycles. The van der Waals surface area contributed by atoms with Crippen molar-refractivity contribution in [2.45, 2.75) is 284 Å². The van der Waals surface area contributed by atoms with Crippen LogP contribution in [-0.4, -0.2) is 115 Å². The maximum absolute atomic E-state index is 14.6. The van der Waals surface area contributed by atoms with Gasteiger partial charge in [0.2, 0.25) is 11.6 Å². The van der Waals surface area contributed by atoms with Crippen LogP contribution < -0.4 is 5.32 Å². The Balaban J connectivity index is 0.000000163. The molecule has 0 bridgehead atoms. The zero-order valence-corrected chi connectivity index (χ0v) is 64.9. The molecule has 5 aromatic rings. The van der Waals surface area contributed by atoms with Gasteiger partial charge in [0.05, 0.1) is 55.1 Å². The summed E-state index contributed by atoms with van der Waals surface area (Å²) in [5.41, 5.74) is 5.78. The van der Waals surface area contributed by atoms with E-state index >= 15 is 0 Å². The van der Waals surface area contributed by atoms with E-state index in [2.05, 4.69) is 123 Å². The topological polar surface area (TPSA) is 212 Å². The van der Waals surface area contributed by atoms with Crippen molar-refractivity contribution in [3.05, 3.63) is 120 Å². The van der Waals surface area contributed by atoms with E-state index in [9.17, 15) is 29.4 Å². The molecule has 3 N–H and O–H groups in total. The van der Waals surface area contributed by atoms with Crippen molar-refractivity contribution >= 4 is 64.0 Å². The van der Waals surface area contributed by atoms with Gasteiger partial charge in [-0.1, -0.05) is 110 Å². The molecule has 19 heteroatoms. The van der Waals surface area contributed by atoms with Crippen LogP contribution in [0.25, 0.3) is 12.2 Å². The molecule has 0 spiro atoms. The van der Waals surface area contributed by atoms with Crippen molar-refractivity contribution in [1.82, 2.24) is 19.6 Å². The first-order chi connectivity index (χ1) is 50.6. The van der Waals surface area contributed by atoms with Gasteiger partial charge in [-0.15, -0.1) is 22.7 Å². The number of nitrogens with one attached hydrogen (secondary N) is 1. The standard InChI is InChI=1S/C46H59N3O6S.C40H54N2O6S/c1-5-10-41(52)53-27-39(51)46-40(54-43(55-46)29-12-7-6-8-13-29)21-36-35-18-15-31-20-37-30(22-44(31,3)42(35)38(50)23-45(36,46)4)25-49(48-37)26-34-17-16-33(56-34)24-47-32-14-9-11-28(2)19-32;1-5-10-35(45)46-23-33(44)40-34(47-37(48-40)24-11-8-7-9-12-24)18-30-29-16-13-26-17-31-25(19-38(26,3)36(29)32(43)20-39(30,40)4)21-41-42(31)22-28-15-14-27(6-2)49-28/h9,11,14,16-17,19-20,25,29,35-36,38,40,42-43,47,50H,5-8,10,12-13,15,18,21-24,26-27H2,1-4H3;14-15,17,21,24,29-30,32,34,36-37,43H,5-13,16,18-20,22-23H2,1-4H3/t35-,36-,38-,40+,42+,43?,44-,45-,46+;29-,30-,32-,34+,36+,37?,38-,39-,40+/m00/s1. The quantitative estimate of drug-likeness (QED) is 0.0619. The summed E-state index contributed by atoms with van der Waals surface area (Å²) in [7, 11) is 0. The summed E-state index contributed by atoms with van der Waals surface area (Å²) in [6.45, 7) is 19.0. The minimum absolute atomic E-state index is 0.0420. The van der Waals surface area contributed by atoms with Gasteiger partial charge < -0.3 is 44.0 Å². The molecule has 8 saturated carbocycles. The largest absolute Gasteiger partial charge is 0.458 e. The van der Waals surface area contributed by atoms with Crippen LogP contribution in [0.4, 0.5) is 5.69 Å². The van der Waals surface area contributed by atoms with E-state index in [1.54, 1.807) is 0 Å². The Kier molecular flexibility index (Phi) is 20.3. The maximum Gasteiger partial charge on any atom is 0.306 e. The highest BCUT2D eigenvalue weighted by atomic mass is 32.1. The Hall–Kier alpha value is -5.64. The zero-order valence-electron chi connectivity index (χ0n) is 63.3. The lowest BCUT2D eigenvalue weighted by Gasteiger charge is -2.60. The highest BCUT2D eigenvalue weighted by molar-refractivity contribution is 7.12. The van der Waals surface area contributed by atoms with Crippen LogP contribution in [0.3, 0.4) is 0 Å². The van der Waals surface area contributed by atoms with E-state index in [4.69, 9.17) is 38.6 Å². The number of allylic oxidation sites excluding steroid dienone is 2. The van der Waals surface area contributed by atoms with Crippen LogP contribution in [-0.2, 0) is 86.5 Å². The molecule has 2 unspecified atom stereocenters. The lowest BCUT2D eigenvalue weighted by molar-refractivity contribution is -0.212. The number of anilines is 1. The van der Waals surface area contributed by atoms with Gasteiger partial charge in [-0.2, -0.15) is 10.2 Å². The molecule has 2 aliphatic heterocycles. The molecule has 17 rings (SSSR count). The van der Waals surface area contributed by atoms with Gasteiger partial charge in [-0.3, -0.25) is 28.5 Å². The molecule has 12 aliphatic rings. The number of esters is 2. The number of carbonyl (C=O) groups is 4. The Morgan fingerprint density at radius 2 is 1.16 bits per heavy atom. The summed E-state index contributed by atoms with van der Waals surface area (Å²) in [6, 6.07) is 17.4. The molecule has 1 aromatic carbocycles. The van der Waals surface area contributed by atoms with E-state index in [0.717, 1.165) is 140 Å². The minimum Gasteiger partial charge on any atom is -0.458 e. The number of rotatable bonds is 20. The fourth-order valence-electron chi connectivity index (χ4n) is 24.1. The predicted octanol–water partition coefficient (Wildman–Crippen LogP) is 15.9. The fraction of sp³-hybridized carbons (Fsp3) is 0.674. The Morgan fingerprint density at radius 1 is 0.638 bits per heavy atom. The van der Waals surface area contributed by atoms with Crippen LogP contribution >= 0.6 is 22.7 Å². The van der Waals surface area contributed by atoms with Crippen LogP contribution in [0.1, 0.15) is 237 Å². The van der Waals surface area contributed by atoms with Gasteiger partial charge >= 0.3 is 11.9 Å². The molecule has 10 fully saturated rings. The van der Waals surface area contributed by atoms with Gasteiger partial charge in [-0.05, 0) is 228 Å². The molecule has 0 amide bonds. The third-order valence-corrected chi connectivity index (χ3v) is 31.1. The normalized spacial score (nSPS) is 36.4. The van der Waals surface area contributed by atoms with Crippen molar-refractivity contribution in [3.63, 3.8) is 0 Å². The van der Waals surface area contributed by atoms with E-state index in [0.29, 0.717) is 25.7 Å². The molecule has 18 atom stereocenters. The summed E-state index contributed by atoms with van der Waals surface area (Å²) in [6.07, 6.45) is 28.1. The number of nitrogens with zero attached hydrogens (tertiary/aromatic N) is 4. The SMILES string of the molecule is CCCC(=O)OCC(=O)[C@@]12OC(C3CCCCC3)O[C@@H]1C[C@H]1[C@@H]3CCC4=Cc5c(cnn5Cc5ccc(CC)s5)C[C@]4(C)[C@H]3[C@@H](O)C[C@@]12C.CCCC(=O)OCC(=O)[C@@]12OC(C3CCCCC3)O[C@@H]1C[C@H]1[C@@H]3CCC4=Cc5nn(Cc6ccc(CNc7cccc(C)c7)s6)cc5C[C@]4(C)[C@H]3[C@@H](O)C[C@@]12C. The van der Waals surface area contributed by atoms with Crippen molar-refractivity contribution in [2.75, 3.05) is 18.5 Å². The van der Waals surface area contributed by atoms with E-state index in [1.165, 1.54) is 65.9 Å². The molecule has 4 aromatic heterocycles. The monoisotopic (exact) mass is 1470 g/mol. The number of carbonyl (C=O) groups excluding carboxylic acids is 4. The molecule has 0 radical (unpaired) electrons. The number of benzene rings is 1. The Labute approximate surface area is 628 Å². The molecular weight excluding hydrogens is 1360 g/mol. The number of ether oxygens (including phenoxy) is 6. The average Bonchev–Trinajstić information content (AvgIpc) is 1.54. The molecule has 566 valence electrons. The number of aryl methyl sites for hydroxylation is 2. The van der Waals surface area contributed by atoms with Gasteiger partial charge in [0.15, 0.2) is 37.0 Å². The third kappa shape index (κ3) is 12.7. The van der Waals surface area contributed by atoms with Crippen LogP contribution in [0.2, 0.25) is 0 Å². The summed E-state index contributed by atoms with van der Waals surface area (Å²) in [5.74, 6) is 0.262. The number of hydrogen-bond acceptors (Lipinski definition) is 17. The number of aliphatic hydroxyl groups is 2. The van der Waals surface area contributed by atoms with E-state index in [1.807, 2.05) is 42.7 Å². The molecular formula is C86H113N5O12S2. The van der Waals surface area contributed by atoms with Crippen molar-refractivity contribution < 1.29 is 57.8 Å². The minimum atomic E-state index is -1.24. The molecule has 105 heavy (non-hydrogen) atoms. The fourth-order valence-corrected chi connectivity index (χ4v) is 26.0. The van der Waals surface area contributed by atoms with Crippen molar-refractivity contribution in [1.29, 1.82) is 0 Å². The maximum atomic E-state index is 14.6. The van der Waals surface area contributed by atoms with Gasteiger partial charge in [0.25, 0.3) is 0 Å². The van der Waals surface area contributed by atoms with Crippen molar-refractivity contribution in [2.24, 2.45) is 69.0 Å². The van der Waals surface area contributed by atoms with Crippen LogP contribution in [0.5, 0.6) is 0 Å². The highest BCUT2D eigenvalue weighted by Crippen LogP contribution is 2.73. The first-order valence-electron chi connectivity index (χ1n) is 40.5. The van der Waals surface area contributed by atoms with Gasteiger partial charge in [-0.25, -0.2) is 0 Å². The van der Waals surface area contributed by atoms with Crippen LogP contribution in [0.15, 0.2) is 72.1 Å². The number of hydrogen-bond donors (Lipinski definition) is 3. The second kappa shape index (κ2) is 29.0. The number of thiophene rings is 2. The van der Waals surface area contributed by atoms with E-state index < -0.39 is 59.0 Å². The second-order valence-corrected chi connectivity index (χ2v) is 37.5. The summed E-state index contributed by atoms with van der Waals surface area (Å²) >= 11 is 3.69. The molecule has 10 aliphatic carbocycles. The third-order valence-electron chi connectivity index (χ3n) is 28.9. The summed E-state index contributed by atoms with van der Waals surface area (Å²) in [5, 5.41) is 38.4. The van der Waals surface area contributed by atoms with Crippen molar-refractivity contribution in [3.8, 4) is 0 Å². The lowest BCUT2D eigenvalue weighted by atomic mass is 9.45. The summed E-state index contributed by atoms with van der Waals surface area (Å²) in [4.78, 5) is 59.3. The second-order valence-electron chi connectivity index (χ2n) is 35.0. The number of fused-ring (bicyclic) bond motifs is 16. The Bertz CT molecular complexity index is 4140. The lowest BCUT2D eigenvalue weighted by Crippen LogP contribution is -2.64.